The second kappa shape index (κ2) is 6.25. The Bertz CT molecular complexity index is 646. The first-order valence-corrected chi connectivity index (χ1v) is 6.55. The standard InChI is InChI=1S/C14H15N3O4/c1-9(2)7-12(18)8-13-15-14(16-21-13)10-3-5-11(6-4-10)17(19)20/h3-6,9H,7-8H2,1-2H3. The molecule has 1 aromatic heterocycles. The number of non-ortho nitro benzene ring substituents is 1. The molecule has 0 fully saturated rings. The molecule has 0 spiro atoms. The predicted molar refractivity (Wildman–Crippen MR) is 74.6 cm³/mol. The average Bonchev–Trinajstić information content (AvgIpc) is 2.86. The van der Waals surface area contributed by atoms with E-state index in [0.717, 1.165) is 0 Å². The van der Waals surface area contributed by atoms with Gasteiger partial charge in [-0.05, 0) is 18.1 Å². The number of nitro benzene ring substituents is 1. The lowest BCUT2D eigenvalue weighted by molar-refractivity contribution is -0.384. The normalized spacial score (nSPS) is 10.8. The van der Waals surface area contributed by atoms with Crippen LogP contribution in [0.5, 0.6) is 0 Å². The van der Waals surface area contributed by atoms with Gasteiger partial charge in [-0.1, -0.05) is 19.0 Å². The lowest BCUT2D eigenvalue weighted by Crippen LogP contribution is -2.06. The third-order valence-electron chi connectivity index (χ3n) is 2.79. The van der Waals surface area contributed by atoms with E-state index < -0.39 is 4.92 Å². The first kappa shape index (κ1) is 14.8. The molecule has 7 nitrogen and oxygen atoms in total. The maximum atomic E-state index is 11.7. The van der Waals surface area contributed by atoms with Crippen molar-refractivity contribution in [1.82, 2.24) is 10.1 Å². The topological polar surface area (TPSA) is 99.1 Å². The van der Waals surface area contributed by atoms with E-state index in [-0.39, 0.29) is 29.7 Å². The summed E-state index contributed by atoms with van der Waals surface area (Å²) in [7, 11) is 0. The van der Waals surface area contributed by atoms with E-state index in [1.54, 1.807) is 12.1 Å². The molecule has 0 aliphatic carbocycles. The van der Waals surface area contributed by atoms with Crippen LogP contribution in [0.1, 0.15) is 26.2 Å². The van der Waals surface area contributed by atoms with Crippen LogP contribution in [-0.2, 0) is 11.2 Å². The van der Waals surface area contributed by atoms with E-state index in [2.05, 4.69) is 10.1 Å². The Morgan fingerprint density at radius 1 is 1.33 bits per heavy atom. The zero-order chi connectivity index (χ0) is 15.4. The van der Waals surface area contributed by atoms with Gasteiger partial charge in [0.2, 0.25) is 11.7 Å². The fourth-order valence-electron chi connectivity index (χ4n) is 1.87. The van der Waals surface area contributed by atoms with Crippen molar-refractivity contribution in [3.05, 3.63) is 40.3 Å². The second-order valence-corrected chi connectivity index (χ2v) is 5.13. The zero-order valence-corrected chi connectivity index (χ0v) is 11.8. The quantitative estimate of drug-likeness (QED) is 0.599. The molecule has 0 aliphatic heterocycles. The molecule has 7 heteroatoms. The minimum absolute atomic E-state index is 0.00502. The van der Waals surface area contributed by atoms with E-state index >= 15 is 0 Å². The molecule has 0 atom stereocenters. The smallest absolute Gasteiger partial charge is 0.269 e. The van der Waals surface area contributed by atoms with Crippen molar-refractivity contribution in [2.75, 3.05) is 0 Å². The molecule has 0 radical (unpaired) electrons. The van der Waals surface area contributed by atoms with Gasteiger partial charge >= 0.3 is 0 Å². The van der Waals surface area contributed by atoms with Crippen LogP contribution in [0.3, 0.4) is 0 Å². The van der Waals surface area contributed by atoms with Crippen molar-refractivity contribution >= 4 is 11.5 Å². The molecule has 0 aliphatic rings. The second-order valence-electron chi connectivity index (χ2n) is 5.13. The minimum atomic E-state index is -0.476. The summed E-state index contributed by atoms with van der Waals surface area (Å²) < 4.78 is 5.03. The molecule has 2 aromatic rings. The molecule has 0 bridgehead atoms. The summed E-state index contributed by atoms with van der Waals surface area (Å²) in [5.74, 6) is 0.907. The van der Waals surface area contributed by atoms with Gasteiger partial charge in [-0.15, -0.1) is 0 Å². The molecule has 0 saturated heterocycles. The van der Waals surface area contributed by atoms with Crippen molar-refractivity contribution in [2.45, 2.75) is 26.7 Å². The lowest BCUT2D eigenvalue weighted by Gasteiger charge is -2.00. The van der Waals surface area contributed by atoms with Crippen LogP contribution < -0.4 is 0 Å². The maximum absolute atomic E-state index is 11.7. The number of hydrogen-bond donors (Lipinski definition) is 0. The van der Waals surface area contributed by atoms with Crippen molar-refractivity contribution in [3.63, 3.8) is 0 Å². The Morgan fingerprint density at radius 3 is 2.57 bits per heavy atom. The van der Waals surface area contributed by atoms with E-state index in [1.165, 1.54) is 12.1 Å². The number of nitro groups is 1. The van der Waals surface area contributed by atoms with Crippen molar-refractivity contribution in [1.29, 1.82) is 0 Å². The number of hydrogen-bond acceptors (Lipinski definition) is 6. The van der Waals surface area contributed by atoms with Crippen LogP contribution in [-0.4, -0.2) is 20.8 Å². The van der Waals surface area contributed by atoms with E-state index in [4.69, 9.17) is 4.52 Å². The summed E-state index contributed by atoms with van der Waals surface area (Å²) in [6, 6.07) is 5.83. The molecular formula is C14H15N3O4. The molecule has 0 N–H and O–H groups in total. The summed E-state index contributed by atoms with van der Waals surface area (Å²) >= 11 is 0. The van der Waals surface area contributed by atoms with E-state index in [0.29, 0.717) is 17.8 Å². The lowest BCUT2D eigenvalue weighted by atomic mass is 10.1. The molecule has 1 heterocycles. The van der Waals surface area contributed by atoms with Gasteiger partial charge in [0, 0.05) is 24.1 Å². The summed E-state index contributed by atoms with van der Waals surface area (Å²) in [5.41, 5.74) is 0.599. The molecular weight excluding hydrogens is 274 g/mol. The molecule has 110 valence electrons. The van der Waals surface area contributed by atoms with Crippen LogP contribution >= 0.6 is 0 Å². The van der Waals surface area contributed by atoms with Gasteiger partial charge in [-0.3, -0.25) is 14.9 Å². The highest BCUT2D eigenvalue weighted by Crippen LogP contribution is 2.20. The van der Waals surface area contributed by atoms with Crippen LogP contribution in [0.25, 0.3) is 11.4 Å². The third kappa shape index (κ3) is 3.95. The summed E-state index contributed by atoms with van der Waals surface area (Å²) in [5, 5.41) is 14.4. The van der Waals surface area contributed by atoms with Crippen LogP contribution in [0.2, 0.25) is 0 Å². The molecule has 0 amide bonds. The Morgan fingerprint density at radius 2 is 2.00 bits per heavy atom. The summed E-state index contributed by atoms with van der Waals surface area (Å²) in [4.78, 5) is 25.9. The van der Waals surface area contributed by atoms with Gasteiger partial charge in [0.15, 0.2) is 0 Å². The Balaban J connectivity index is 2.09. The molecule has 0 unspecified atom stereocenters. The van der Waals surface area contributed by atoms with Crippen LogP contribution in [0.4, 0.5) is 5.69 Å². The van der Waals surface area contributed by atoms with Crippen molar-refractivity contribution in [3.8, 4) is 11.4 Å². The summed E-state index contributed by atoms with van der Waals surface area (Å²) in [6.45, 7) is 3.93. The number of rotatable bonds is 6. The Hall–Kier alpha value is -2.57. The first-order valence-electron chi connectivity index (χ1n) is 6.55. The third-order valence-corrected chi connectivity index (χ3v) is 2.79. The predicted octanol–water partition coefficient (Wildman–Crippen LogP) is 2.80. The SMILES string of the molecule is CC(C)CC(=O)Cc1nc(-c2ccc([N+](=O)[O-])cc2)no1. The highest BCUT2D eigenvalue weighted by molar-refractivity contribution is 5.80. The highest BCUT2D eigenvalue weighted by Gasteiger charge is 2.14. The van der Waals surface area contributed by atoms with Crippen LogP contribution in [0, 0.1) is 16.0 Å². The molecule has 2 rings (SSSR count). The minimum Gasteiger partial charge on any atom is -0.339 e. The highest BCUT2D eigenvalue weighted by atomic mass is 16.6. The van der Waals surface area contributed by atoms with Crippen molar-refractivity contribution < 1.29 is 14.2 Å². The molecule has 0 saturated carbocycles. The van der Waals surface area contributed by atoms with Crippen LogP contribution in [0.15, 0.2) is 28.8 Å². The van der Waals surface area contributed by atoms with Gasteiger partial charge < -0.3 is 4.52 Å². The fraction of sp³-hybridized carbons (Fsp3) is 0.357. The maximum Gasteiger partial charge on any atom is 0.269 e. The largest absolute Gasteiger partial charge is 0.339 e. The number of benzene rings is 1. The fourth-order valence-corrected chi connectivity index (χ4v) is 1.87. The average molecular weight is 289 g/mol. The zero-order valence-electron chi connectivity index (χ0n) is 11.8. The van der Waals surface area contributed by atoms with E-state index in [1.807, 2.05) is 13.8 Å². The number of carbonyl (C=O) groups is 1. The monoisotopic (exact) mass is 289 g/mol. The molecule has 1 aromatic carbocycles. The number of ketones is 1. The van der Waals surface area contributed by atoms with Gasteiger partial charge in [0.05, 0.1) is 11.3 Å². The Kier molecular flexibility index (Phi) is 4.42. The van der Waals surface area contributed by atoms with Crippen molar-refractivity contribution in [2.24, 2.45) is 5.92 Å². The van der Waals surface area contributed by atoms with Gasteiger partial charge in [0.1, 0.15) is 5.78 Å². The Labute approximate surface area is 121 Å². The number of aromatic nitrogens is 2. The van der Waals surface area contributed by atoms with Gasteiger partial charge in [0.25, 0.3) is 5.69 Å². The summed E-state index contributed by atoms with van der Waals surface area (Å²) in [6.07, 6.45) is 0.577. The molecule has 21 heavy (non-hydrogen) atoms. The van der Waals surface area contributed by atoms with Gasteiger partial charge in [-0.25, -0.2) is 0 Å². The number of carbonyl (C=O) groups excluding carboxylic acids is 1. The van der Waals surface area contributed by atoms with Gasteiger partial charge in [-0.2, -0.15) is 4.98 Å². The first-order chi connectivity index (χ1) is 9.95. The number of Topliss-reactive ketones (excluding diaryl/α,β-unsaturated/α-hetero) is 1. The number of nitrogens with zero attached hydrogens (tertiary/aromatic N) is 3. The van der Waals surface area contributed by atoms with E-state index in [9.17, 15) is 14.9 Å².